The van der Waals surface area contributed by atoms with Crippen molar-refractivity contribution in [2.24, 2.45) is 0 Å². The van der Waals surface area contributed by atoms with E-state index in [-0.39, 0.29) is 18.0 Å². The van der Waals surface area contributed by atoms with E-state index >= 15 is 0 Å². The Morgan fingerprint density at radius 3 is 2.44 bits per heavy atom. The van der Waals surface area contributed by atoms with Crippen LogP contribution in [0.2, 0.25) is 0 Å². The normalized spacial score (nSPS) is 11.0. The molecule has 25 heavy (non-hydrogen) atoms. The smallest absolute Gasteiger partial charge is 0.371 e. The number of benzene rings is 1. The fraction of sp³-hybridized carbons (Fsp3) is 0.263. The Morgan fingerprint density at radius 2 is 1.80 bits per heavy atom. The van der Waals surface area contributed by atoms with Crippen molar-refractivity contribution in [1.82, 2.24) is 0 Å². The topological polar surface area (TPSA) is 89.9 Å². The summed E-state index contributed by atoms with van der Waals surface area (Å²) < 4.78 is 16.4. The molecule has 0 unspecified atom stereocenters. The summed E-state index contributed by atoms with van der Waals surface area (Å²) in [5, 5.41) is 9.84. The second kappa shape index (κ2) is 6.12. The third-order valence-corrected chi connectivity index (χ3v) is 4.44. The zero-order chi connectivity index (χ0) is 18.3. The fourth-order valence-corrected chi connectivity index (χ4v) is 2.71. The first kappa shape index (κ1) is 16.8. The van der Waals surface area contributed by atoms with Crippen LogP contribution in [0, 0.1) is 27.7 Å². The van der Waals surface area contributed by atoms with Crippen LogP contribution in [-0.4, -0.2) is 11.1 Å². The minimum atomic E-state index is -1.12. The molecule has 0 radical (unpaired) electrons. The molecule has 1 aromatic carbocycles. The van der Waals surface area contributed by atoms with Gasteiger partial charge in [0.15, 0.2) is 0 Å². The van der Waals surface area contributed by atoms with E-state index in [1.165, 1.54) is 6.07 Å². The minimum absolute atomic E-state index is 0.122. The molecule has 0 saturated heterocycles. The van der Waals surface area contributed by atoms with Crippen molar-refractivity contribution in [1.29, 1.82) is 0 Å². The van der Waals surface area contributed by atoms with Crippen LogP contribution in [0.1, 0.15) is 38.6 Å². The summed E-state index contributed by atoms with van der Waals surface area (Å²) >= 11 is 0. The molecule has 2 heterocycles. The number of ether oxygens (including phenoxy) is 1. The number of aromatic carboxylic acids is 1. The summed E-state index contributed by atoms with van der Waals surface area (Å²) in [6.45, 7) is 7.28. The fourth-order valence-electron chi connectivity index (χ4n) is 2.71. The first-order valence-electron chi connectivity index (χ1n) is 7.78. The number of furan rings is 1. The first-order chi connectivity index (χ1) is 11.8. The maximum atomic E-state index is 11.9. The summed E-state index contributed by atoms with van der Waals surface area (Å²) in [6, 6.07) is 5.12. The van der Waals surface area contributed by atoms with Crippen LogP contribution in [0.5, 0.6) is 5.75 Å². The molecule has 1 N–H and O–H groups in total. The van der Waals surface area contributed by atoms with Crippen LogP contribution in [0.4, 0.5) is 0 Å². The molecule has 2 aromatic heterocycles. The van der Waals surface area contributed by atoms with Gasteiger partial charge in [0.2, 0.25) is 5.76 Å². The van der Waals surface area contributed by atoms with Crippen molar-refractivity contribution in [3.05, 3.63) is 62.4 Å². The highest BCUT2D eigenvalue weighted by molar-refractivity contribution is 5.85. The summed E-state index contributed by atoms with van der Waals surface area (Å²) in [6.07, 6.45) is 0. The Labute approximate surface area is 143 Å². The van der Waals surface area contributed by atoms with Crippen molar-refractivity contribution in [3.63, 3.8) is 0 Å². The van der Waals surface area contributed by atoms with Crippen molar-refractivity contribution in [3.8, 4) is 5.75 Å². The quantitative estimate of drug-likeness (QED) is 0.723. The van der Waals surface area contributed by atoms with Crippen LogP contribution >= 0.6 is 0 Å². The number of hydrogen-bond donors (Lipinski definition) is 1. The van der Waals surface area contributed by atoms with Gasteiger partial charge in [-0.15, -0.1) is 0 Å². The van der Waals surface area contributed by atoms with Crippen LogP contribution < -0.4 is 10.4 Å². The van der Waals surface area contributed by atoms with Crippen molar-refractivity contribution >= 4 is 16.9 Å². The van der Waals surface area contributed by atoms with E-state index in [9.17, 15) is 9.59 Å². The molecule has 0 aliphatic heterocycles. The lowest BCUT2D eigenvalue weighted by Gasteiger charge is -2.12. The molecule has 6 nitrogen and oxygen atoms in total. The highest BCUT2D eigenvalue weighted by Crippen LogP contribution is 2.30. The van der Waals surface area contributed by atoms with Gasteiger partial charge in [0.05, 0.1) is 0 Å². The maximum absolute atomic E-state index is 11.9. The Hall–Kier alpha value is -3.02. The van der Waals surface area contributed by atoms with Gasteiger partial charge in [0.25, 0.3) is 0 Å². The number of rotatable bonds is 4. The standard InChI is InChI=1S/C19H18O6/c1-9-10(2)19(22)25-17-11(3)15(6-5-14(9)17)23-8-13-7-16(18(20)21)24-12(13)4/h5-7H,8H2,1-4H3,(H,20,21). The molecule has 3 aromatic rings. The maximum Gasteiger partial charge on any atom is 0.371 e. The summed E-state index contributed by atoms with van der Waals surface area (Å²) in [4.78, 5) is 22.9. The van der Waals surface area contributed by atoms with Gasteiger partial charge >= 0.3 is 11.6 Å². The molecule has 6 heteroatoms. The molecule has 0 aliphatic rings. The van der Waals surface area contributed by atoms with Gasteiger partial charge in [-0.2, -0.15) is 0 Å². The molecule has 0 atom stereocenters. The Bertz CT molecular complexity index is 1040. The van der Waals surface area contributed by atoms with Gasteiger partial charge < -0.3 is 18.7 Å². The third-order valence-electron chi connectivity index (χ3n) is 4.44. The average Bonchev–Trinajstić information content (AvgIpc) is 2.94. The predicted molar refractivity (Wildman–Crippen MR) is 91.4 cm³/mol. The van der Waals surface area contributed by atoms with E-state index < -0.39 is 5.97 Å². The second-order valence-electron chi connectivity index (χ2n) is 5.99. The molecule has 3 rings (SSSR count). The first-order valence-corrected chi connectivity index (χ1v) is 7.78. The zero-order valence-corrected chi connectivity index (χ0v) is 14.4. The molecule has 0 spiro atoms. The van der Waals surface area contributed by atoms with Gasteiger partial charge in [-0.25, -0.2) is 9.59 Å². The lowest BCUT2D eigenvalue weighted by atomic mass is 10.0. The largest absolute Gasteiger partial charge is 0.488 e. The van der Waals surface area contributed by atoms with Crippen LogP contribution in [0.25, 0.3) is 11.0 Å². The van der Waals surface area contributed by atoms with E-state index in [0.29, 0.717) is 28.2 Å². The molecule has 0 fully saturated rings. The Kier molecular flexibility index (Phi) is 4.12. The minimum Gasteiger partial charge on any atom is -0.488 e. The lowest BCUT2D eigenvalue weighted by molar-refractivity contribution is 0.0661. The molecule has 0 amide bonds. The molecular formula is C19H18O6. The third kappa shape index (κ3) is 2.91. The monoisotopic (exact) mass is 342 g/mol. The molecule has 0 aliphatic carbocycles. The number of carboxylic acids is 1. The average molecular weight is 342 g/mol. The highest BCUT2D eigenvalue weighted by Gasteiger charge is 2.16. The van der Waals surface area contributed by atoms with Gasteiger partial charge in [-0.05, 0) is 51.5 Å². The zero-order valence-electron chi connectivity index (χ0n) is 14.4. The van der Waals surface area contributed by atoms with Gasteiger partial charge in [0, 0.05) is 22.1 Å². The van der Waals surface area contributed by atoms with Gasteiger partial charge in [0.1, 0.15) is 23.7 Å². The number of fused-ring (bicyclic) bond motifs is 1. The lowest BCUT2D eigenvalue weighted by Crippen LogP contribution is -2.07. The number of carboxylic acid groups (broad SMARTS) is 1. The van der Waals surface area contributed by atoms with E-state index in [1.54, 1.807) is 13.8 Å². The van der Waals surface area contributed by atoms with Crippen LogP contribution in [-0.2, 0) is 6.61 Å². The molecular weight excluding hydrogens is 324 g/mol. The highest BCUT2D eigenvalue weighted by atomic mass is 16.5. The van der Waals surface area contributed by atoms with E-state index in [4.69, 9.17) is 18.7 Å². The Balaban J connectivity index is 1.95. The van der Waals surface area contributed by atoms with E-state index in [1.807, 2.05) is 26.0 Å². The van der Waals surface area contributed by atoms with Crippen molar-refractivity contribution in [2.45, 2.75) is 34.3 Å². The molecule has 0 saturated carbocycles. The Morgan fingerprint density at radius 1 is 1.08 bits per heavy atom. The van der Waals surface area contributed by atoms with Gasteiger partial charge in [-0.3, -0.25) is 0 Å². The number of carbonyl (C=O) groups is 1. The van der Waals surface area contributed by atoms with Crippen molar-refractivity contribution < 1.29 is 23.5 Å². The predicted octanol–water partition coefficient (Wildman–Crippen LogP) is 3.90. The molecule has 130 valence electrons. The number of aryl methyl sites for hydroxylation is 3. The van der Waals surface area contributed by atoms with E-state index in [2.05, 4.69) is 0 Å². The van der Waals surface area contributed by atoms with Gasteiger partial charge in [-0.1, -0.05) is 0 Å². The number of hydrogen-bond acceptors (Lipinski definition) is 5. The summed E-state index contributed by atoms with van der Waals surface area (Å²) in [5.74, 6) is -0.183. The van der Waals surface area contributed by atoms with Crippen LogP contribution in [0.15, 0.2) is 31.8 Å². The van der Waals surface area contributed by atoms with E-state index in [0.717, 1.165) is 16.5 Å². The second-order valence-corrected chi connectivity index (χ2v) is 5.99. The SMILES string of the molecule is Cc1oc(C(=O)O)cc1COc1ccc2c(C)c(C)c(=O)oc2c1C. The summed E-state index contributed by atoms with van der Waals surface area (Å²) in [5.41, 5.74) is 2.99. The van der Waals surface area contributed by atoms with Crippen molar-refractivity contribution in [2.75, 3.05) is 0 Å². The summed E-state index contributed by atoms with van der Waals surface area (Å²) in [7, 11) is 0. The molecule has 0 bridgehead atoms. The van der Waals surface area contributed by atoms with Crippen LogP contribution in [0.3, 0.4) is 0 Å².